The van der Waals surface area contributed by atoms with Gasteiger partial charge in [-0.25, -0.2) is 0 Å². The van der Waals surface area contributed by atoms with Crippen molar-refractivity contribution in [1.29, 1.82) is 0 Å². The summed E-state index contributed by atoms with van der Waals surface area (Å²) in [6.45, 7) is 0. The molecular formula is C13H14ClNO3. The van der Waals surface area contributed by atoms with E-state index in [2.05, 4.69) is 0 Å². The Hall–Kier alpha value is -1.68. The van der Waals surface area contributed by atoms with Gasteiger partial charge in [0.25, 0.3) is 0 Å². The molecule has 96 valence electrons. The highest BCUT2D eigenvalue weighted by Gasteiger charge is 2.28. The van der Waals surface area contributed by atoms with Gasteiger partial charge in [0.1, 0.15) is 11.3 Å². The lowest BCUT2D eigenvalue weighted by molar-refractivity contribution is -0.142. The summed E-state index contributed by atoms with van der Waals surface area (Å²) in [7, 11) is 0. The minimum atomic E-state index is -0.740. The Kier molecular flexibility index (Phi) is 3.22. The third kappa shape index (κ3) is 1.93. The molecule has 1 atom stereocenters. The molecular weight excluding hydrogens is 254 g/mol. The number of nitrogen functional groups attached to an aromatic ring is 1. The zero-order chi connectivity index (χ0) is 12.0. The molecule has 1 aliphatic carbocycles. The fraction of sp³-hybridized carbons (Fsp3) is 0.308. The van der Waals surface area contributed by atoms with Crippen LogP contribution in [0.5, 0.6) is 0 Å². The molecule has 1 aromatic carbocycles. The smallest absolute Gasteiger partial charge is 0.306 e. The van der Waals surface area contributed by atoms with E-state index in [1.54, 1.807) is 6.07 Å². The summed E-state index contributed by atoms with van der Waals surface area (Å²) in [6.07, 6.45) is 1.93. The minimum absolute atomic E-state index is 0. The molecule has 5 heteroatoms. The van der Waals surface area contributed by atoms with E-state index in [0.29, 0.717) is 18.5 Å². The number of nitrogens with two attached hydrogens (primary N) is 1. The lowest BCUT2D eigenvalue weighted by Gasteiger charge is -2.16. The predicted octanol–water partition coefficient (Wildman–Crippen LogP) is 2.63. The van der Waals surface area contributed by atoms with E-state index in [-0.39, 0.29) is 18.3 Å². The van der Waals surface area contributed by atoms with Gasteiger partial charge < -0.3 is 15.3 Å². The highest BCUT2D eigenvalue weighted by Crippen LogP contribution is 2.34. The first-order chi connectivity index (χ1) is 8.15. The second kappa shape index (κ2) is 4.53. The van der Waals surface area contributed by atoms with Crippen molar-refractivity contribution in [2.45, 2.75) is 19.3 Å². The predicted molar refractivity (Wildman–Crippen MR) is 71.0 cm³/mol. The number of aliphatic carboxylic acids is 1. The highest BCUT2D eigenvalue weighted by molar-refractivity contribution is 5.86. The zero-order valence-electron chi connectivity index (χ0n) is 9.68. The van der Waals surface area contributed by atoms with Crippen LogP contribution in [0.3, 0.4) is 0 Å². The van der Waals surface area contributed by atoms with E-state index in [1.807, 2.05) is 12.1 Å². The molecule has 0 radical (unpaired) electrons. The summed E-state index contributed by atoms with van der Waals surface area (Å²) in [6, 6.07) is 5.60. The second-order valence-corrected chi connectivity index (χ2v) is 4.54. The molecule has 1 unspecified atom stereocenters. The maximum Gasteiger partial charge on any atom is 0.306 e. The standard InChI is InChI=1S/C13H13NO3.ClH/c14-8-2-4-10-9-3-1-7(13(15)16)5-11(9)17-12(10)6-8;/h2,4,6-7H,1,3,5,14H2,(H,15,16);1H. The van der Waals surface area contributed by atoms with Crippen molar-refractivity contribution in [2.24, 2.45) is 5.92 Å². The fourth-order valence-corrected chi connectivity index (χ4v) is 2.51. The maximum absolute atomic E-state index is 11.0. The first kappa shape index (κ1) is 12.8. The van der Waals surface area contributed by atoms with Crippen molar-refractivity contribution in [2.75, 3.05) is 5.73 Å². The Balaban J connectivity index is 0.00000120. The van der Waals surface area contributed by atoms with E-state index >= 15 is 0 Å². The molecule has 1 heterocycles. The van der Waals surface area contributed by atoms with E-state index in [1.165, 1.54) is 0 Å². The van der Waals surface area contributed by atoms with E-state index in [0.717, 1.165) is 28.7 Å². The molecule has 3 rings (SSSR count). The first-order valence-corrected chi connectivity index (χ1v) is 5.67. The average Bonchev–Trinajstić information content (AvgIpc) is 2.64. The average molecular weight is 268 g/mol. The van der Waals surface area contributed by atoms with Crippen molar-refractivity contribution in [3.05, 3.63) is 29.5 Å². The maximum atomic E-state index is 11.0. The van der Waals surface area contributed by atoms with Crippen molar-refractivity contribution < 1.29 is 14.3 Å². The molecule has 2 aromatic rings. The first-order valence-electron chi connectivity index (χ1n) is 5.67. The van der Waals surface area contributed by atoms with Crippen LogP contribution < -0.4 is 5.73 Å². The highest BCUT2D eigenvalue weighted by atomic mass is 35.5. The molecule has 18 heavy (non-hydrogen) atoms. The molecule has 1 aliphatic rings. The summed E-state index contributed by atoms with van der Waals surface area (Å²) < 4.78 is 5.71. The molecule has 0 spiro atoms. The molecule has 0 bridgehead atoms. The Labute approximate surface area is 110 Å². The number of furan rings is 1. The van der Waals surface area contributed by atoms with Gasteiger partial charge in [-0.2, -0.15) is 0 Å². The molecule has 0 amide bonds. The summed E-state index contributed by atoms with van der Waals surface area (Å²) in [5.41, 5.74) is 8.28. The summed E-state index contributed by atoms with van der Waals surface area (Å²) in [5.74, 6) is -0.250. The van der Waals surface area contributed by atoms with Gasteiger partial charge in [0.05, 0.1) is 5.92 Å². The van der Waals surface area contributed by atoms with E-state index < -0.39 is 5.97 Å². The van der Waals surface area contributed by atoms with Crippen LogP contribution >= 0.6 is 12.4 Å². The van der Waals surface area contributed by atoms with Gasteiger partial charge in [0.2, 0.25) is 0 Å². The zero-order valence-corrected chi connectivity index (χ0v) is 10.5. The van der Waals surface area contributed by atoms with Crippen molar-refractivity contribution >= 4 is 35.0 Å². The Morgan fingerprint density at radius 3 is 2.94 bits per heavy atom. The normalized spacial score (nSPS) is 18.1. The Morgan fingerprint density at radius 1 is 1.44 bits per heavy atom. The van der Waals surface area contributed by atoms with Crippen LogP contribution in [0.1, 0.15) is 17.7 Å². The van der Waals surface area contributed by atoms with Crippen LogP contribution in [0, 0.1) is 5.92 Å². The quantitative estimate of drug-likeness (QED) is 0.779. The molecule has 1 aromatic heterocycles. The Bertz CT molecular complexity index is 606. The number of anilines is 1. The Morgan fingerprint density at radius 2 is 2.22 bits per heavy atom. The van der Waals surface area contributed by atoms with Crippen molar-refractivity contribution in [3.63, 3.8) is 0 Å². The number of hydrogen-bond acceptors (Lipinski definition) is 3. The summed E-state index contributed by atoms with van der Waals surface area (Å²) in [5, 5.41) is 10.1. The number of rotatable bonds is 1. The number of carbonyl (C=O) groups is 1. The number of carboxylic acid groups (broad SMARTS) is 1. The van der Waals surface area contributed by atoms with Crippen LogP contribution in [0.4, 0.5) is 5.69 Å². The molecule has 4 nitrogen and oxygen atoms in total. The second-order valence-electron chi connectivity index (χ2n) is 4.54. The number of carboxylic acids is 1. The monoisotopic (exact) mass is 267 g/mol. The number of aryl methyl sites for hydroxylation is 1. The van der Waals surface area contributed by atoms with Gasteiger partial charge in [0.15, 0.2) is 0 Å². The van der Waals surface area contributed by atoms with Crippen LogP contribution in [-0.4, -0.2) is 11.1 Å². The van der Waals surface area contributed by atoms with Gasteiger partial charge in [-0.15, -0.1) is 12.4 Å². The number of fused-ring (bicyclic) bond motifs is 3. The van der Waals surface area contributed by atoms with Crippen molar-refractivity contribution in [1.82, 2.24) is 0 Å². The summed E-state index contributed by atoms with van der Waals surface area (Å²) >= 11 is 0. The molecule has 0 fully saturated rings. The molecule has 0 aliphatic heterocycles. The van der Waals surface area contributed by atoms with Gasteiger partial charge in [-0.05, 0) is 25.0 Å². The third-order valence-corrected chi connectivity index (χ3v) is 3.42. The fourth-order valence-electron chi connectivity index (χ4n) is 2.51. The van der Waals surface area contributed by atoms with Crippen LogP contribution in [0.2, 0.25) is 0 Å². The van der Waals surface area contributed by atoms with Crippen LogP contribution in [0.15, 0.2) is 22.6 Å². The lowest BCUT2D eigenvalue weighted by atomic mass is 9.87. The molecule has 0 saturated heterocycles. The summed E-state index contributed by atoms with van der Waals surface area (Å²) in [4.78, 5) is 11.0. The van der Waals surface area contributed by atoms with Gasteiger partial charge in [-0.3, -0.25) is 4.79 Å². The van der Waals surface area contributed by atoms with Gasteiger partial charge >= 0.3 is 5.97 Å². The van der Waals surface area contributed by atoms with Gasteiger partial charge in [0, 0.05) is 29.1 Å². The van der Waals surface area contributed by atoms with Crippen LogP contribution in [0.25, 0.3) is 11.0 Å². The topological polar surface area (TPSA) is 76.5 Å². The number of hydrogen-bond donors (Lipinski definition) is 2. The largest absolute Gasteiger partial charge is 0.481 e. The van der Waals surface area contributed by atoms with Crippen LogP contribution in [-0.2, 0) is 17.6 Å². The molecule has 3 N–H and O–H groups in total. The van der Waals surface area contributed by atoms with Crippen molar-refractivity contribution in [3.8, 4) is 0 Å². The van der Waals surface area contributed by atoms with E-state index in [9.17, 15) is 4.79 Å². The minimum Gasteiger partial charge on any atom is -0.481 e. The van der Waals surface area contributed by atoms with Gasteiger partial charge in [-0.1, -0.05) is 0 Å². The SMILES string of the molecule is Cl.Nc1ccc2c3c(oc2c1)CC(C(=O)O)CC3. The van der Waals surface area contributed by atoms with E-state index in [4.69, 9.17) is 15.3 Å². The number of halogens is 1. The molecule has 0 saturated carbocycles. The lowest BCUT2D eigenvalue weighted by Crippen LogP contribution is -2.21. The third-order valence-electron chi connectivity index (χ3n) is 3.42. The number of benzene rings is 1.